The van der Waals surface area contributed by atoms with Crippen LogP contribution in [0.3, 0.4) is 0 Å². The van der Waals surface area contributed by atoms with Gasteiger partial charge < -0.3 is 16.2 Å². The van der Waals surface area contributed by atoms with E-state index in [4.69, 9.17) is 15.6 Å². The average Bonchev–Trinajstić information content (AvgIpc) is 2.72. The Morgan fingerprint density at radius 3 is 2.23 bits per heavy atom. The van der Waals surface area contributed by atoms with Crippen LogP contribution < -0.4 is 11.1 Å². The lowest BCUT2D eigenvalue weighted by atomic mass is 10.1. The number of carbonyl (C=O) groups is 2. The molecule has 0 unspecified atom stereocenters. The number of carboxylic acids is 1. The van der Waals surface area contributed by atoms with E-state index >= 15 is 0 Å². The van der Waals surface area contributed by atoms with Crippen molar-refractivity contribution in [1.29, 1.82) is 0 Å². The summed E-state index contributed by atoms with van der Waals surface area (Å²) in [6.07, 6.45) is -1.12. The zero-order valence-electron chi connectivity index (χ0n) is 15.6. The highest BCUT2D eigenvalue weighted by molar-refractivity contribution is 5.92. The molecule has 0 aliphatic rings. The van der Waals surface area contributed by atoms with Crippen molar-refractivity contribution in [3.8, 4) is 0 Å². The van der Waals surface area contributed by atoms with Crippen molar-refractivity contribution in [3.63, 3.8) is 0 Å². The van der Waals surface area contributed by atoms with E-state index in [1.54, 1.807) is 0 Å². The summed E-state index contributed by atoms with van der Waals surface area (Å²) in [5.74, 6) is -2.96. The third-order valence-electron chi connectivity index (χ3n) is 3.69. The molecule has 0 saturated carbocycles. The Balaban J connectivity index is 0.000000396. The van der Waals surface area contributed by atoms with Crippen LogP contribution in [0.2, 0.25) is 0 Å². The van der Waals surface area contributed by atoms with Crippen LogP contribution in [0.1, 0.15) is 11.3 Å². The summed E-state index contributed by atoms with van der Waals surface area (Å²) >= 11 is 0. The highest BCUT2D eigenvalue weighted by Crippen LogP contribution is 2.15. The van der Waals surface area contributed by atoms with Crippen LogP contribution in [0.25, 0.3) is 23.1 Å². The van der Waals surface area contributed by atoms with Gasteiger partial charge in [0.05, 0.1) is 17.8 Å². The first kappa shape index (κ1) is 22.6. The Bertz CT molecular complexity index is 1050. The number of para-hydroxylation sites is 1. The second-order valence-corrected chi connectivity index (χ2v) is 5.94. The Labute approximate surface area is 169 Å². The SMILES string of the molecule is NCC(=O)Nc1ccc(/C=C/c2ccc3ccccc3n2)cc1.O=C(O)C(F)(F)F. The van der Waals surface area contributed by atoms with Gasteiger partial charge in [0.2, 0.25) is 5.91 Å². The maximum atomic E-state index is 11.2. The topological polar surface area (TPSA) is 105 Å². The van der Waals surface area contributed by atoms with E-state index in [1.165, 1.54) is 0 Å². The van der Waals surface area contributed by atoms with Gasteiger partial charge in [-0.2, -0.15) is 13.2 Å². The number of aliphatic carboxylic acids is 1. The van der Waals surface area contributed by atoms with Crippen LogP contribution in [0, 0.1) is 0 Å². The molecule has 156 valence electrons. The van der Waals surface area contributed by atoms with Gasteiger partial charge in [0.25, 0.3) is 0 Å². The summed E-state index contributed by atoms with van der Waals surface area (Å²) in [4.78, 5) is 24.7. The smallest absolute Gasteiger partial charge is 0.475 e. The van der Waals surface area contributed by atoms with Crippen LogP contribution in [-0.4, -0.2) is 34.7 Å². The number of aromatic nitrogens is 1. The molecule has 30 heavy (non-hydrogen) atoms. The molecule has 1 amide bonds. The van der Waals surface area contributed by atoms with E-state index in [0.717, 1.165) is 27.8 Å². The lowest BCUT2D eigenvalue weighted by Crippen LogP contribution is -2.21. The minimum absolute atomic E-state index is 0.0186. The molecule has 0 bridgehead atoms. The summed E-state index contributed by atoms with van der Waals surface area (Å²) in [6, 6.07) is 19.7. The lowest BCUT2D eigenvalue weighted by molar-refractivity contribution is -0.192. The molecule has 1 aromatic heterocycles. The van der Waals surface area contributed by atoms with E-state index in [9.17, 15) is 18.0 Å². The van der Waals surface area contributed by atoms with Crippen LogP contribution >= 0.6 is 0 Å². The van der Waals surface area contributed by atoms with E-state index in [1.807, 2.05) is 66.7 Å². The summed E-state index contributed by atoms with van der Waals surface area (Å²) in [6.45, 7) is -0.0186. The second-order valence-electron chi connectivity index (χ2n) is 5.94. The Kier molecular flexibility index (Phi) is 7.65. The molecule has 0 spiro atoms. The van der Waals surface area contributed by atoms with Crippen molar-refractivity contribution in [2.75, 3.05) is 11.9 Å². The number of nitrogens with two attached hydrogens (primary N) is 1. The molecular formula is C21H18F3N3O3. The number of nitrogens with one attached hydrogen (secondary N) is 1. The molecule has 0 atom stereocenters. The Hall–Kier alpha value is -3.72. The molecule has 6 nitrogen and oxygen atoms in total. The van der Waals surface area contributed by atoms with E-state index in [0.29, 0.717) is 0 Å². The standard InChI is InChI=1S/C19H17N3O.C2HF3O2/c20-13-19(23)22-17-10-6-14(7-11-17)5-9-16-12-8-15-3-1-2-4-18(15)21-16;3-2(4,5)1(6)7/h1-12H,13,20H2,(H,22,23);(H,6,7)/b9-5+;. The Morgan fingerprint density at radius 1 is 1.00 bits per heavy atom. The van der Waals surface area contributed by atoms with Crippen LogP contribution in [0.15, 0.2) is 60.7 Å². The Morgan fingerprint density at radius 2 is 1.63 bits per heavy atom. The largest absolute Gasteiger partial charge is 0.490 e. The zero-order valence-corrected chi connectivity index (χ0v) is 15.6. The molecule has 1 heterocycles. The molecule has 0 fully saturated rings. The number of pyridine rings is 1. The summed E-state index contributed by atoms with van der Waals surface area (Å²) in [5, 5.41) is 11.0. The first-order valence-corrected chi connectivity index (χ1v) is 8.63. The third kappa shape index (κ3) is 7.02. The van der Waals surface area contributed by atoms with E-state index in [-0.39, 0.29) is 12.5 Å². The van der Waals surface area contributed by atoms with E-state index < -0.39 is 12.1 Å². The molecule has 9 heteroatoms. The summed E-state index contributed by atoms with van der Waals surface area (Å²) in [5.41, 5.74) is 8.93. The zero-order chi connectivity index (χ0) is 22.1. The number of hydrogen-bond donors (Lipinski definition) is 3. The fraction of sp³-hybridized carbons (Fsp3) is 0.0952. The van der Waals surface area contributed by atoms with Crippen LogP contribution in [0.5, 0.6) is 0 Å². The van der Waals surface area contributed by atoms with Gasteiger partial charge in [-0.25, -0.2) is 9.78 Å². The number of rotatable bonds is 4. The van der Waals surface area contributed by atoms with Gasteiger partial charge in [0.15, 0.2) is 0 Å². The molecule has 0 aliphatic carbocycles. The van der Waals surface area contributed by atoms with Gasteiger partial charge >= 0.3 is 12.1 Å². The number of amides is 1. The third-order valence-corrected chi connectivity index (χ3v) is 3.69. The molecule has 0 saturated heterocycles. The number of carboxylic acid groups (broad SMARTS) is 1. The highest BCUT2D eigenvalue weighted by Gasteiger charge is 2.38. The minimum atomic E-state index is -5.08. The molecule has 0 radical (unpaired) electrons. The average molecular weight is 417 g/mol. The predicted octanol–water partition coefficient (Wildman–Crippen LogP) is 3.94. The van der Waals surface area contributed by atoms with Gasteiger partial charge in [0, 0.05) is 11.1 Å². The van der Waals surface area contributed by atoms with E-state index in [2.05, 4.69) is 16.4 Å². The number of carbonyl (C=O) groups excluding carboxylic acids is 1. The van der Waals surface area contributed by atoms with Gasteiger partial charge in [-0.3, -0.25) is 4.79 Å². The van der Waals surface area contributed by atoms with Gasteiger partial charge in [-0.1, -0.05) is 42.5 Å². The van der Waals surface area contributed by atoms with Crippen molar-refractivity contribution >= 4 is 40.6 Å². The van der Waals surface area contributed by atoms with Crippen LogP contribution in [0.4, 0.5) is 18.9 Å². The van der Waals surface area contributed by atoms with Crippen molar-refractivity contribution in [2.24, 2.45) is 5.73 Å². The number of halogens is 3. The van der Waals surface area contributed by atoms with Crippen molar-refractivity contribution in [2.45, 2.75) is 6.18 Å². The molecule has 0 aliphatic heterocycles. The van der Waals surface area contributed by atoms with Crippen molar-refractivity contribution < 1.29 is 27.9 Å². The number of hydrogen-bond acceptors (Lipinski definition) is 4. The van der Waals surface area contributed by atoms with Crippen molar-refractivity contribution in [3.05, 3.63) is 71.9 Å². The molecule has 3 rings (SSSR count). The number of anilines is 1. The summed E-state index contributed by atoms with van der Waals surface area (Å²) < 4.78 is 31.7. The molecule has 4 N–H and O–H groups in total. The lowest BCUT2D eigenvalue weighted by Gasteiger charge is -2.03. The first-order valence-electron chi connectivity index (χ1n) is 8.63. The maximum Gasteiger partial charge on any atom is 0.490 e. The highest BCUT2D eigenvalue weighted by atomic mass is 19.4. The minimum Gasteiger partial charge on any atom is -0.475 e. The fourth-order valence-electron chi connectivity index (χ4n) is 2.25. The van der Waals surface area contributed by atoms with Gasteiger partial charge in [-0.05, 0) is 35.9 Å². The number of fused-ring (bicyclic) bond motifs is 1. The van der Waals surface area contributed by atoms with Crippen LogP contribution in [-0.2, 0) is 9.59 Å². The molecule has 2 aromatic carbocycles. The summed E-state index contributed by atoms with van der Waals surface area (Å²) in [7, 11) is 0. The quantitative estimate of drug-likeness (QED) is 0.596. The molecule has 3 aromatic rings. The first-order chi connectivity index (χ1) is 14.2. The second kappa shape index (κ2) is 10.2. The maximum absolute atomic E-state index is 11.2. The number of alkyl halides is 3. The fourth-order valence-corrected chi connectivity index (χ4v) is 2.25. The number of nitrogens with zero attached hydrogens (tertiary/aromatic N) is 1. The normalized spacial score (nSPS) is 11.1. The predicted molar refractivity (Wildman–Crippen MR) is 108 cm³/mol. The monoisotopic (exact) mass is 417 g/mol. The van der Waals surface area contributed by atoms with Gasteiger partial charge in [0.1, 0.15) is 0 Å². The molecular weight excluding hydrogens is 399 g/mol. The van der Waals surface area contributed by atoms with Crippen molar-refractivity contribution in [1.82, 2.24) is 4.98 Å². The number of benzene rings is 2. The van der Waals surface area contributed by atoms with Gasteiger partial charge in [-0.15, -0.1) is 0 Å².